The standard InChI is InChI=1S/C31H29N3O6S/c1-6-40-30(38)26-18(3)32-31-34(27(26)20-9-13-24(39-5)14-10-20)28(35)25(41-31)16-22-15-17(2)33(19(22)4)23-11-7-21(8-12-23)29(36)37/h7-16,27H,6H2,1-5H3,(H,36,37)/p-1. The first-order chi connectivity index (χ1) is 19.6. The molecule has 0 bridgehead atoms. The molecule has 10 heteroatoms. The van der Waals surface area contributed by atoms with Crippen LogP contribution < -0.4 is 24.7 Å². The highest BCUT2D eigenvalue weighted by Gasteiger charge is 2.33. The summed E-state index contributed by atoms with van der Waals surface area (Å²) >= 11 is 1.25. The zero-order valence-electron chi connectivity index (χ0n) is 23.3. The zero-order valence-corrected chi connectivity index (χ0v) is 24.1. The van der Waals surface area contributed by atoms with Gasteiger partial charge in [0.1, 0.15) is 5.75 Å². The first kappa shape index (κ1) is 27.9. The van der Waals surface area contributed by atoms with Crippen molar-refractivity contribution in [2.24, 2.45) is 4.99 Å². The third kappa shape index (κ3) is 5.02. The molecule has 0 fully saturated rings. The van der Waals surface area contributed by atoms with Gasteiger partial charge in [-0.1, -0.05) is 35.6 Å². The largest absolute Gasteiger partial charge is 0.545 e. The van der Waals surface area contributed by atoms with Crippen LogP contribution in [0.25, 0.3) is 11.8 Å². The van der Waals surface area contributed by atoms with Crippen molar-refractivity contribution in [3.05, 3.63) is 114 Å². The monoisotopic (exact) mass is 570 g/mol. The Labute approximate surface area is 239 Å². The fourth-order valence-electron chi connectivity index (χ4n) is 5.11. The molecule has 0 N–H and O–H groups in total. The van der Waals surface area contributed by atoms with Crippen molar-refractivity contribution in [1.82, 2.24) is 9.13 Å². The summed E-state index contributed by atoms with van der Waals surface area (Å²) in [6.45, 7) is 7.56. The molecule has 41 heavy (non-hydrogen) atoms. The number of ether oxygens (including phenoxy) is 2. The predicted molar refractivity (Wildman–Crippen MR) is 153 cm³/mol. The summed E-state index contributed by atoms with van der Waals surface area (Å²) in [5.41, 5.74) is 4.79. The summed E-state index contributed by atoms with van der Waals surface area (Å²) in [5, 5.41) is 11.2. The number of rotatable bonds is 7. The quantitative estimate of drug-likeness (QED) is 0.316. The van der Waals surface area contributed by atoms with Gasteiger partial charge in [0.15, 0.2) is 4.80 Å². The molecular formula is C31H28N3O6S-. The summed E-state index contributed by atoms with van der Waals surface area (Å²) in [6, 6.07) is 14.9. The van der Waals surface area contributed by atoms with E-state index < -0.39 is 18.0 Å². The minimum absolute atomic E-state index is 0.0986. The molecule has 1 aliphatic rings. The Morgan fingerprint density at radius 2 is 1.76 bits per heavy atom. The molecule has 0 saturated carbocycles. The number of carboxylic acid groups (broad SMARTS) is 1. The van der Waals surface area contributed by atoms with Crippen LogP contribution in [0.15, 0.2) is 75.7 Å². The molecule has 3 heterocycles. The van der Waals surface area contributed by atoms with E-state index >= 15 is 0 Å². The lowest BCUT2D eigenvalue weighted by Crippen LogP contribution is -2.39. The van der Waals surface area contributed by atoms with Gasteiger partial charge in [0.2, 0.25) is 0 Å². The minimum atomic E-state index is -1.23. The Morgan fingerprint density at radius 3 is 2.37 bits per heavy atom. The van der Waals surface area contributed by atoms with Gasteiger partial charge >= 0.3 is 5.97 Å². The van der Waals surface area contributed by atoms with E-state index in [4.69, 9.17) is 9.47 Å². The molecule has 1 atom stereocenters. The number of fused-ring (bicyclic) bond motifs is 1. The number of hydrogen-bond donors (Lipinski definition) is 0. The molecular weight excluding hydrogens is 542 g/mol. The average Bonchev–Trinajstić information content (AvgIpc) is 3.41. The number of benzene rings is 2. The molecule has 0 saturated heterocycles. The summed E-state index contributed by atoms with van der Waals surface area (Å²) in [4.78, 5) is 43.3. The van der Waals surface area contributed by atoms with Crippen LogP contribution in [0.4, 0.5) is 0 Å². The molecule has 0 radical (unpaired) electrons. The number of thiazole rings is 1. The minimum Gasteiger partial charge on any atom is -0.545 e. The van der Waals surface area contributed by atoms with Crippen LogP contribution in [0.1, 0.15) is 52.8 Å². The predicted octanol–water partition coefficient (Wildman–Crippen LogP) is 2.58. The van der Waals surface area contributed by atoms with E-state index in [1.807, 2.05) is 42.7 Å². The second-order valence-corrected chi connectivity index (χ2v) is 10.6. The van der Waals surface area contributed by atoms with E-state index in [1.54, 1.807) is 49.8 Å². The number of aromatic carboxylic acids is 1. The Morgan fingerprint density at radius 1 is 1.07 bits per heavy atom. The molecule has 0 spiro atoms. The Balaban J connectivity index is 1.65. The smallest absolute Gasteiger partial charge is 0.338 e. The Kier molecular flexibility index (Phi) is 7.51. The lowest BCUT2D eigenvalue weighted by Gasteiger charge is -2.24. The summed E-state index contributed by atoms with van der Waals surface area (Å²) < 4.78 is 14.7. The Bertz CT molecular complexity index is 1880. The average molecular weight is 571 g/mol. The number of carbonyl (C=O) groups is 2. The topological polar surface area (TPSA) is 115 Å². The number of allylic oxidation sites excluding steroid dienone is 1. The lowest BCUT2D eigenvalue weighted by molar-refractivity contribution is -0.255. The molecule has 210 valence electrons. The van der Waals surface area contributed by atoms with Crippen molar-refractivity contribution < 1.29 is 24.2 Å². The zero-order chi connectivity index (χ0) is 29.4. The second kappa shape index (κ2) is 11.1. The van der Waals surface area contributed by atoms with Gasteiger partial charge in [-0.3, -0.25) is 9.36 Å². The van der Waals surface area contributed by atoms with Gasteiger partial charge in [0.05, 0.1) is 41.5 Å². The van der Waals surface area contributed by atoms with E-state index in [0.717, 1.165) is 28.2 Å². The van der Waals surface area contributed by atoms with Gasteiger partial charge in [-0.05, 0) is 80.8 Å². The van der Waals surface area contributed by atoms with E-state index in [1.165, 1.54) is 23.5 Å². The number of hydrogen-bond acceptors (Lipinski definition) is 8. The van der Waals surface area contributed by atoms with Crippen LogP contribution in [-0.4, -0.2) is 34.8 Å². The van der Waals surface area contributed by atoms with Crippen LogP contribution in [0.5, 0.6) is 5.75 Å². The van der Waals surface area contributed by atoms with Crippen molar-refractivity contribution in [1.29, 1.82) is 0 Å². The fraction of sp³-hybridized carbons (Fsp3) is 0.226. The summed E-state index contributed by atoms with van der Waals surface area (Å²) in [7, 11) is 1.58. The molecule has 1 unspecified atom stereocenters. The molecule has 4 aromatic rings. The highest BCUT2D eigenvalue weighted by Crippen LogP contribution is 2.31. The van der Waals surface area contributed by atoms with Crippen LogP contribution in [0, 0.1) is 13.8 Å². The lowest BCUT2D eigenvalue weighted by atomic mass is 9.96. The number of esters is 1. The van der Waals surface area contributed by atoms with Crippen LogP contribution in [0.3, 0.4) is 0 Å². The van der Waals surface area contributed by atoms with E-state index in [-0.39, 0.29) is 17.7 Å². The summed E-state index contributed by atoms with van der Waals surface area (Å²) in [5.74, 6) is -1.09. The third-order valence-corrected chi connectivity index (χ3v) is 8.05. The maximum Gasteiger partial charge on any atom is 0.338 e. The van der Waals surface area contributed by atoms with Gasteiger partial charge in [-0.15, -0.1) is 0 Å². The van der Waals surface area contributed by atoms with Crippen LogP contribution in [-0.2, 0) is 9.53 Å². The first-order valence-corrected chi connectivity index (χ1v) is 13.8. The highest BCUT2D eigenvalue weighted by molar-refractivity contribution is 7.07. The number of aryl methyl sites for hydroxylation is 1. The van der Waals surface area contributed by atoms with E-state index in [9.17, 15) is 19.5 Å². The molecule has 2 aromatic heterocycles. The number of carbonyl (C=O) groups excluding carboxylic acids is 2. The van der Waals surface area contributed by atoms with Gasteiger partial charge in [-0.2, -0.15) is 0 Å². The van der Waals surface area contributed by atoms with Gasteiger partial charge in [-0.25, -0.2) is 9.79 Å². The number of nitrogens with zero attached hydrogens (tertiary/aromatic N) is 3. The third-order valence-electron chi connectivity index (χ3n) is 7.07. The Hall–Kier alpha value is -4.70. The number of methoxy groups -OCH3 is 1. The normalized spacial score (nSPS) is 15.0. The maximum atomic E-state index is 13.9. The van der Waals surface area contributed by atoms with E-state index in [2.05, 4.69) is 4.99 Å². The SMILES string of the molecule is CCOC(=O)C1=C(C)N=c2sc(=Cc3cc(C)n(-c4ccc(C(=O)[O-])cc4)c3C)c(=O)n2C1c1ccc(OC)cc1. The molecule has 0 aliphatic carbocycles. The van der Waals surface area contributed by atoms with Crippen molar-refractivity contribution in [2.45, 2.75) is 33.7 Å². The molecule has 1 aliphatic heterocycles. The highest BCUT2D eigenvalue weighted by atomic mass is 32.1. The summed E-state index contributed by atoms with van der Waals surface area (Å²) in [6.07, 6.45) is 1.83. The molecule has 0 amide bonds. The maximum absolute atomic E-state index is 13.9. The van der Waals surface area contributed by atoms with Crippen molar-refractivity contribution >= 4 is 29.4 Å². The van der Waals surface area contributed by atoms with E-state index in [0.29, 0.717) is 26.4 Å². The number of carboxylic acids is 1. The van der Waals surface area contributed by atoms with Gasteiger partial charge in [0, 0.05) is 17.1 Å². The van der Waals surface area contributed by atoms with Gasteiger partial charge < -0.3 is 23.9 Å². The van der Waals surface area contributed by atoms with Crippen molar-refractivity contribution in [3.8, 4) is 11.4 Å². The van der Waals surface area contributed by atoms with Crippen LogP contribution >= 0.6 is 11.3 Å². The number of aromatic nitrogens is 2. The molecule has 5 rings (SSSR count). The van der Waals surface area contributed by atoms with Crippen LogP contribution in [0.2, 0.25) is 0 Å². The molecule has 9 nitrogen and oxygen atoms in total. The molecule has 2 aromatic carbocycles. The second-order valence-electron chi connectivity index (χ2n) is 9.57. The first-order valence-electron chi connectivity index (χ1n) is 13.0. The van der Waals surface area contributed by atoms with Crippen molar-refractivity contribution in [2.75, 3.05) is 13.7 Å². The van der Waals surface area contributed by atoms with Gasteiger partial charge in [0.25, 0.3) is 5.56 Å². The van der Waals surface area contributed by atoms with Crippen molar-refractivity contribution in [3.63, 3.8) is 0 Å². The fourth-order valence-corrected chi connectivity index (χ4v) is 6.15.